The fourth-order valence-electron chi connectivity index (χ4n) is 4.36. The van der Waals surface area contributed by atoms with Crippen molar-refractivity contribution < 1.29 is 14.4 Å². The zero-order valence-electron chi connectivity index (χ0n) is 14.6. The summed E-state index contributed by atoms with van der Waals surface area (Å²) in [5, 5.41) is 5.97. The Bertz CT molecular complexity index is 535. The van der Waals surface area contributed by atoms with Gasteiger partial charge in [-0.15, -0.1) is 6.58 Å². The minimum absolute atomic E-state index is 0.0808. The molecule has 5 heteroatoms. The number of fused-ring (bicyclic) bond motifs is 1. The van der Waals surface area contributed by atoms with E-state index in [9.17, 15) is 14.4 Å². The number of rotatable bonds is 4. The van der Waals surface area contributed by atoms with Crippen LogP contribution in [0.5, 0.6) is 0 Å². The highest BCUT2D eigenvalue weighted by molar-refractivity contribution is 5.93. The van der Waals surface area contributed by atoms with E-state index in [-0.39, 0.29) is 40.9 Å². The van der Waals surface area contributed by atoms with E-state index < -0.39 is 5.54 Å². The van der Waals surface area contributed by atoms with Gasteiger partial charge in [-0.25, -0.2) is 0 Å². The van der Waals surface area contributed by atoms with Crippen LogP contribution in [0, 0.1) is 17.8 Å². The molecule has 0 aromatic heterocycles. The normalized spacial score (nSPS) is 33.2. The van der Waals surface area contributed by atoms with Crippen molar-refractivity contribution in [1.29, 1.82) is 0 Å². The van der Waals surface area contributed by atoms with Gasteiger partial charge < -0.3 is 10.6 Å². The van der Waals surface area contributed by atoms with Crippen LogP contribution in [-0.2, 0) is 14.4 Å². The summed E-state index contributed by atoms with van der Waals surface area (Å²) in [6.07, 6.45) is 3.96. The van der Waals surface area contributed by atoms with Gasteiger partial charge in [0.25, 0.3) is 0 Å². The third kappa shape index (κ3) is 3.48. The van der Waals surface area contributed by atoms with Gasteiger partial charge in [0, 0.05) is 25.3 Å². The van der Waals surface area contributed by atoms with Crippen LogP contribution in [0.3, 0.4) is 0 Å². The van der Waals surface area contributed by atoms with Gasteiger partial charge in [0.1, 0.15) is 11.3 Å². The molecule has 2 rings (SSSR count). The van der Waals surface area contributed by atoms with Crippen molar-refractivity contribution in [2.75, 3.05) is 0 Å². The standard InChI is InChI=1S/C18H28N2O3/c1-6-7-15-14-9-13(22)8-12(14)10-18(15,19-11(2)21)16(23)20-17(3,4)5/h6,12,14-15H,1,7-10H2,2-5H3,(H,19,21)(H,20,23)/t12-,14-,15+,18?/m1/s1. The van der Waals surface area contributed by atoms with Gasteiger partial charge in [0.05, 0.1) is 0 Å². The van der Waals surface area contributed by atoms with E-state index in [2.05, 4.69) is 17.2 Å². The van der Waals surface area contributed by atoms with Gasteiger partial charge >= 0.3 is 0 Å². The predicted molar refractivity (Wildman–Crippen MR) is 88.6 cm³/mol. The molecule has 0 bridgehead atoms. The fraction of sp³-hybridized carbons (Fsp3) is 0.722. The molecule has 0 saturated heterocycles. The maximum Gasteiger partial charge on any atom is 0.246 e. The van der Waals surface area contributed by atoms with Crippen molar-refractivity contribution in [3.05, 3.63) is 12.7 Å². The van der Waals surface area contributed by atoms with Crippen LogP contribution in [0.1, 0.15) is 53.4 Å². The van der Waals surface area contributed by atoms with Gasteiger partial charge in [-0.3, -0.25) is 14.4 Å². The molecule has 0 aromatic rings. The Hall–Kier alpha value is -1.65. The number of nitrogens with one attached hydrogen (secondary N) is 2. The largest absolute Gasteiger partial charge is 0.349 e. The van der Waals surface area contributed by atoms with E-state index in [0.29, 0.717) is 25.7 Å². The summed E-state index contributed by atoms with van der Waals surface area (Å²) in [4.78, 5) is 36.7. The molecule has 2 N–H and O–H groups in total. The van der Waals surface area contributed by atoms with Crippen molar-refractivity contribution in [3.8, 4) is 0 Å². The van der Waals surface area contributed by atoms with E-state index in [1.54, 1.807) is 6.08 Å². The number of ketones is 1. The molecule has 2 amide bonds. The highest BCUT2D eigenvalue weighted by atomic mass is 16.2. The molecule has 2 saturated carbocycles. The van der Waals surface area contributed by atoms with Gasteiger partial charge in [0.15, 0.2) is 0 Å². The number of allylic oxidation sites excluding steroid dienone is 1. The summed E-state index contributed by atoms with van der Waals surface area (Å²) >= 11 is 0. The topological polar surface area (TPSA) is 75.3 Å². The van der Waals surface area contributed by atoms with E-state index in [4.69, 9.17) is 0 Å². The van der Waals surface area contributed by atoms with E-state index in [1.807, 2.05) is 20.8 Å². The number of carbonyl (C=O) groups excluding carboxylic acids is 3. The molecular weight excluding hydrogens is 292 g/mol. The highest BCUT2D eigenvalue weighted by Gasteiger charge is 2.60. The average Bonchev–Trinajstić information content (AvgIpc) is 2.84. The maximum atomic E-state index is 13.1. The lowest BCUT2D eigenvalue weighted by Crippen LogP contribution is -2.63. The van der Waals surface area contributed by atoms with Crippen molar-refractivity contribution in [2.45, 2.75) is 64.5 Å². The Kier molecular flexibility index (Phi) is 4.69. The lowest BCUT2D eigenvalue weighted by molar-refractivity contribution is -0.136. The molecular formula is C18H28N2O3. The highest BCUT2D eigenvalue weighted by Crippen LogP contribution is 2.53. The summed E-state index contributed by atoms with van der Waals surface area (Å²) in [6, 6.07) is 0. The Morgan fingerprint density at radius 2 is 2.00 bits per heavy atom. The molecule has 2 aliphatic rings. The molecule has 128 valence electrons. The lowest BCUT2D eigenvalue weighted by atomic mass is 9.78. The number of Topliss-reactive ketones (excluding diaryl/α,β-unsaturated/α-hetero) is 1. The number of carbonyl (C=O) groups is 3. The molecule has 1 unspecified atom stereocenters. The van der Waals surface area contributed by atoms with Crippen LogP contribution in [0.4, 0.5) is 0 Å². The summed E-state index contributed by atoms with van der Waals surface area (Å²) in [5.74, 6) is 0.149. The van der Waals surface area contributed by atoms with Crippen LogP contribution >= 0.6 is 0 Å². The van der Waals surface area contributed by atoms with Crippen LogP contribution in [0.25, 0.3) is 0 Å². The summed E-state index contributed by atoms with van der Waals surface area (Å²) in [5.41, 5.74) is -1.32. The molecule has 4 atom stereocenters. The van der Waals surface area contributed by atoms with Crippen LogP contribution in [0.15, 0.2) is 12.7 Å². The second kappa shape index (κ2) is 6.10. The minimum Gasteiger partial charge on any atom is -0.349 e. The zero-order chi connectivity index (χ0) is 17.4. The van der Waals surface area contributed by atoms with Crippen molar-refractivity contribution in [1.82, 2.24) is 10.6 Å². The van der Waals surface area contributed by atoms with Crippen LogP contribution in [0.2, 0.25) is 0 Å². The monoisotopic (exact) mass is 320 g/mol. The van der Waals surface area contributed by atoms with Crippen molar-refractivity contribution in [3.63, 3.8) is 0 Å². The first-order valence-electron chi connectivity index (χ1n) is 8.33. The van der Waals surface area contributed by atoms with E-state index in [0.717, 1.165) is 0 Å². The first-order chi connectivity index (χ1) is 10.6. The minimum atomic E-state index is -0.941. The number of amides is 2. The van der Waals surface area contributed by atoms with E-state index >= 15 is 0 Å². The first kappa shape index (κ1) is 17.7. The maximum absolute atomic E-state index is 13.1. The lowest BCUT2D eigenvalue weighted by Gasteiger charge is -2.38. The Morgan fingerprint density at radius 3 is 2.52 bits per heavy atom. The quantitative estimate of drug-likeness (QED) is 0.778. The Morgan fingerprint density at radius 1 is 1.35 bits per heavy atom. The number of hydrogen-bond acceptors (Lipinski definition) is 3. The van der Waals surface area contributed by atoms with Gasteiger partial charge in [-0.2, -0.15) is 0 Å². The summed E-state index contributed by atoms with van der Waals surface area (Å²) < 4.78 is 0. The first-order valence-corrected chi connectivity index (χ1v) is 8.33. The third-order valence-electron chi connectivity index (χ3n) is 5.01. The second-order valence-electron chi connectivity index (χ2n) is 8.06. The molecule has 2 aliphatic carbocycles. The molecule has 0 heterocycles. The van der Waals surface area contributed by atoms with Gasteiger partial charge in [-0.1, -0.05) is 6.08 Å². The Balaban J connectivity index is 2.39. The average molecular weight is 320 g/mol. The third-order valence-corrected chi connectivity index (χ3v) is 5.01. The molecule has 0 aliphatic heterocycles. The Labute approximate surface area is 138 Å². The molecule has 5 nitrogen and oxygen atoms in total. The number of hydrogen-bond donors (Lipinski definition) is 2. The van der Waals surface area contributed by atoms with Crippen LogP contribution < -0.4 is 10.6 Å². The van der Waals surface area contributed by atoms with Gasteiger partial charge in [-0.05, 0) is 51.4 Å². The molecule has 2 fully saturated rings. The smallest absolute Gasteiger partial charge is 0.246 e. The van der Waals surface area contributed by atoms with Gasteiger partial charge in [0.2, 0.25) is 11.8 Å². The van der Waals surface area contributed by atoms with Crippen LogP contribution in [-0.4, -0.2) is 28.7 Å². The van der Waals surface area contributed by atoms with Crippen molar-refractivity contribution >= 4 is 17.6 Å². The predicted octanol–water partition coefficient (Wildman–Crippen LogP) is 1.97. The summed E-state index contributed by atoms with van der Waals surface area (Å²) in [7, 11) is 0. The molecule has 23 heavy (non-hydrogen) atoms. The fourth-order valence-corrected chi connectivity index (χ4v) is 4.36. The summed E-state index contributed by atoms with van der Waals surface area (Å²) in [6.45, 7) is 11.0. The molecule has 0 spiro atoms. The SMILES string of the molecule is C=CC[C@H]1[C@@H]2CC(=O)C[C@@H]2CC1(NC(C)=O)C(=O)NC(C)(C)C. The van der Waals surface area contributed by atoms with E-state index in [1.165, 1.54) is 6.92 Å². The molecule has 0 aromatic carbocycles. The van der Waals surface area contributed by atoms with Crippen molar-refractivity contribution in [2.24, 2.45) is 17.8 Å². The zero-order valence-corrected chi connectivity index (χ0v) is 14.6. The second-order valence-corrected chi connectivity index (χ2v) is 8.06. The molecule has 0 radical (unpaired) electrons.